The van der Waals surface area contributed by atoms with Crippen molar-refractivity contribution in [3.05, 3.63) is 61.5 Å². The summed E-state index contributed by atoms with van der Waals surface area (Å²) in [6.45, 7) is 2.55. The summed E-state index contributed by atoms with van der Waals surface area (Å²) in [7, 11) is 0. The molecule has 1 unspecified atom stereocenters. The van der Waals surface area contributed by atoms with Gasteiger partial charge in [-0.3, -0.25) is 0 Å². The van der Waals surface area contributed by atoms with E-state index in [0.717, 1.165) is 20.2 Å². The maximum Gasteiger partial charge on any atom is 0.0636 e. The summed E-state index contributed by atoms with van der Waals surface area (Å²) >= 11 is 13.0. The molecule has 0 heterocycles. The fourth-order valence-corrected chi connectivity index (χ4v) is 3.07. The molecule has 2 aromatic carbocycles. The van der Waals surface area contributed by atoms with Crippen molar-refractivity contribution >= 4 is 49.1 Å². The molecular formula is C15H15Br2ClN2. The van der Waals surface area contributed by atoms with Crippen LogP contribution in [-0.4, -0.2) is 6.54 Å². The molecule has 3 N–H and O–H groups in total. The van der Waals surface area contributed by atoms with E-state index < -0.39 is 0 Å². The minimum absolute atomic E-state index is 0.0225. The summed E-state index contributed by atoms with van der Waals surface area (Å²) in [5.74, 6) is 0. The molecule has 1 atom stereocenters. The summed E-state index contributed by atoms with van der Waals surface area (Å²) in [4.78, 5) is 0. The molecule has 20 heavy (non-hydrogen) atoms. The molecule has 0 bridgehead atoms. The van der Waals surface area contributed by atoms with Gasteiger partial charge in [-0.15, -0.1) is 0 Å². The first-order chi connectivity index (χ1) is 9.49. The van der Waals surface area contributed by atoms with Crippen LogP contribution in [0.3, 0.4) is 0 Å². The lowest BCUT2D eigenvalue weighted by atomic mass is 10.1. The lowest BCUT2D eigenvalue weighted by Crippen LogP contribution is -2.20. The predicted molar refractivity (Wildman–Crippen MR) is 93.4 cm³/mol. The van der Waals surface area contributed by atoms with E-state index in [4.69, 9.17) is 17.3 Å². The van der Waals surface area contributed by atoms with Gasteiger partial charge in [0.25, 0.3) is 0 Å². The van der Waals surface area contributed by atoms with Crippen LogP contribution in [0.15, 0.2) is 45.3 Å². The third kappa shape index (κ3) is 3.98. The Labute approximate surface area is 141 Å². The topological polar surface area (TPSA) is 38.0 Å². The van der Waals surface area contributed by atoms with Crippen LogP contribution in [-0.2, 0) is 0 Å². The molecule has 0 saturated heterocycles. The Morgan fingerprint density at radius 3 is 2.55 bits per heavy atom. The molecule has 0 aliphatic heterocycles. The van der Waals surface area contributed by atoms with Gasteiger partial charge in [0.1, 0.15) is 0 Å². The number of anilines is 1. The molecule has 2 aromatic rings. The number of nitrogens with two attached hydrogens (primary N) is 1. The Morgan fingerprint density at radius 2 is 1.95 bits per heavy atom. The summed E-state index contributed by atoms with van der Waals surface area (Å²) in [6, 6.07) is 12.1. The van der Waals surface area contributed by atoms with Crippen molar-refractivity contribution in [1.29, 1.82) is 0 Å². The van der Waals surface area contributed by atoms with Crippen LogP contribution < -0.4 is 11.1 Å². The minimum atomic E-state index is 0.0225. The number of hydrogen-bond donors (Lipinski definition) is 2. The summed E-state index contributed by atoms with van der Waals surface area (Å²) in [5.41, 5.74) is 9.18. The van der Waals surface area contributed by atoms with Crippen molar-refractivity contribution in [1.82, 2.24) is 0 Å². The zero-order valence-electron chi connectivity index (χ0n) is 11.0. The van der Waals surface area contributed by atoms with Gasteiger partial charge in [0.2, 0.25) is 0 Å². The van der Waals surface area contributed by atoms with Crippen molar-refractivity contribution in [2.45, 2.75) is 13.0 Å². The Kier molecular flexibility index (Phi) is 5.49. The van der Waals surface area contributed by atoms with Gasteiger partial charge < -0.3 is 11.1 Å². The molecule has 0 radical (unpaired) electrons. The zero-order valence-corrected chi connectivity index (χ0v) is 14.9. The van der Waals surface area contributed by atoms with Gasteiger partial charge >= 0.3 is 0 Å². The van der Waals surface area contributed by atoms with Crippen molar-refractivity contribution in [2.75, 3.05) is 11.9 Å². The van der Waals surface area contributed by atoms with E-state index in [1.165, 1.54) is 5.56 Å². The van der Waals surface area contributed by atoms with Crippen LogP contribution in [0, 0.1) is 6.92 Å². The molecule has 106 valence electrons. The van der Waals surface area contributed by atoms with Gasteiger partial charge in [0.05, 0.1) is 11.1 Å². The van der Waals surface area contributed by atoms with E-state index >= 15 is 0 Å². The SMILES string of the molecule is Cc1cc(Br)cc(NC(CN)c2ccc(Br)c(Cl)c2)c1. The molecule has 5 heteroatoms. The average molecular weight is 419 g/mol. The van der Waals surface area contributed by atoms with Crippen LogP contribution in [0.4, 0.5) is 5.69 Å². The second-order valence-corrected chi connectivity index (χ2v) is 6.80. The van der Waals surface area contributed by atoms with Gasteiger partial charge in [-0.05, 0) is 64.3 Å². The lowest BCUT2D eigenvalue weighted by Gasteiger charge is -2.20. The highest BCUT2D eigenvalue weighted by Gasteiger charge is 2.11. The van der Waals surface area contributed by atoms with Crippen molar-refractivity contribution < 1.29 is 0 Å². The third-order valence-corrected chi connectivity index (χ3v) is 4.66. The predicted octanol–water partition coefficient (Wildman–Crippen LogP) is 5.29. The van der Waals surface area contributed by atoms with Gasteiger partial charge in [-0.25, -0.2) is 0 Å². The fraction of sp³-hybridized carbons (Fsp3) is 0.200. The van der Waals surface area contributed by atoms with Crippen molar-refractivity contribution in [3.8, 4) is 0 Å². The molecule has 0 amide bonds. The van der Waals surface area contributed by atoms with E-state index in [9.17, 15) is 0 Å². The molecule has 0 saturated carbocycles. The molecule has 0 aliphatic carbocycles. The molecule has 0 aliphatic rings. The van der Waals surface area contributed by atoms with Crippen LogP contribution >= 0.6 is 43.5 Å². The lowest BCUT2D eigenvalue weighted by molar-refractivity contribution is 0.789. The molecule has 2 rings (SSSR count). The second kappa shape index (κ2) is 6.94. The van der Waals surface area contributed by atoms with E-state index in [-0.39, 0.29) is 6.04 Å². The number of hydrogen-bond acceptors (Lipinski definition) is 2. The van der Waals surface area contributed by atoms with E-state index in [2.05, 4.69) is 56.2 Å². The first-order valence-electron chi connectivity index (χ1n) is 6.18. The number of rotatable bonds is 4. The van der Waals surface area contributed by atoms with Gasteiger partial charge in [0, 0.05) is 21.2 Å². The Morgan fingerprint density at radius 1 is 1.20 bits per heavy atom. The van der Waals surface area contributed by atoms with Gasteiger partial charge in [-0.1, -0.05) is 33.6 Å². The number of aryl methyl sites for hydroxylation is 1. The van der Waals surface area contributed by atoms with Crippen LogP contribution in [0.5, 0.6) is 0 Å². The quantitative estimate of drug-likeness (QED) is 0.708. The number of nitrogens with one attached hydrogen (secondary N) is 1. The monoisotopic (exact) mass is 416 g/mol. The van der Waals surface area contributed by atoms with Crippen LogP contribution in [0.2, 0.25) is 5.02 Å². The van der Waals surface area contributed by atoms with Crippen molar-refractivity contribution in [2.24, 2.45) is 5.73 Å². The maximum atomic E-state index is 6.15. The third-order valence-electron chi connectivity index (χ3n) is 2.96. The second-order valence-electron chi connectivity index (χ2n) is 4.62. The Balaban J connectivity index is 2.26. The van der Waals surface area contributed by atoms with Gasteiger partial charge in [0.15, 0.2) is 0 Å². The first-order valence-corrected chi connectivity index (χ1v) is 8.14. The van der Waals surface area contributed by atoms with Crippen molar-refractivity contribution in [3.63, 3.8) is 0 Å². The van der Waals surface area contributed by atoms with E-state index in [0.29, 0.717) is 11.6 Å². The highest BCUT2D eigenvalue weighted by molar-refractivity contribution is 9.10. The summed E-state index contributed by atoms with van der Waals surface area (Å²) in [5, 5.41) is 4.13. The Bertz CT molecular complexity index is 597. The number of halogens is 3. The summed E-state index contributed by atoms with van der Waals surface area (Å²) < 4.78 is 1.93. The average Bonchev–Trinajstić information content (AvgIpc) is 2.38. The molecule has 2 nitrogen and oxygen atoms in total. The highest BCUT2D eigenvalue weighted by atomic mass is 79.9. The minimum Gasteiger partial charge on any atom is -0.377 e. The smallest absolute Gasteiger partial charge is 0.0636 e. The Hall–Kier alpha value is -0.550. The van der Waals surface area contributed by atoms with E-state index in [1.807, 2.05) is 24.3 Å². The summed E-state index contributed by atoms with van der Waals surface area (Å²) in [6.07, 6.45) is 0. The normalized spacial score (nSPS) is 12.2. The maximum absolute atomic E-state index is 6.15. The number of benzene rings is 2. The molecular weight excluding hydrogens is 403 g/mol. The molecule has 0 spiro atoms. The van der Waals surface area contributed by atoms with Crippen LogP contribution in [0.1, 0.15) is 17.2 Å². The van der Waals surface area contributed by atoms with E-state index in [1.54, 1.807) is 0 Å². The van der Waals surface area contributed by atoms with Gasteiger partial charge in [-0.2, -0.15) is 0 Å². The fourth-order valence-electron chi connectivity index (χ4n) is 2.03. The van der Waals surface area contributed by atoms with Crippen LogP contribution in [0.25, 0.3) is 0 Å². The standard InChI is InChI=1S/C15H15Br2ClN2/c1-9-4-11(16)7-12(5-9)20-15(8-19)10-2-3-13(17)14(18)6-10/h2-7,15,20H,8,19H2,1H3. The molecule has 0 aromatic heterocycles. The molecule has 0 fully saturated rings. The largest absolute Gasteiger partial charge is 0.377 e. The zero-order chi connectivity index (χ0) is 14.7. The highest BCUT2D eigenvalue weighted by Crippen LogP contribution is 2.28. The first kappa shape index (κ1) is 15.8.